The van der Waals surface area contributed by atoms with Crippen LogP contribution >= 0.6 is 0 Å². The molecule has 3 atom stereocenters. The van der Waals surface area contributed by atoms with Gasteiger partial charge in [-0.3, -0.25) is 0 Å². The van der Waals surface area contributed by atoms with Crippen LogP contribution in [0.25, 0.3) is 0 Å². The van der Waals surface area contributed by atoms with Crippen molar-refractivity contribution < 1.29 is 18.9 Å². The Morgan fingerprint density at radius 2 is 1.31 bits per heavy atom. The third kappa shape index (κ3) is 3.09. The Bertz CT molecular complexity index is 784. The molecule has 0 bridgehead atoms. The zero-order valence-electron chi connectivity index (χ0n) is 16.5. The Hall–Kier alpha value is -2.36. The zero-order valence-corrected chi connectivity index (χ0v) is 16.5. The summed E-state index contributed by atoms with van der Waals surface area (Å²) in [5.41, 5.74) is 3.86. The molecule has 2 aromatic rings. The predicted octanol–water partition coefficient (Wildman–Crippen LogP) is 4.68. The highest BCUT2D eigenvalue weighted by Gasteiger charge is 2.34. The third-order valence-corrected chi connectivity index (χ3v) is 5.71. The van der Waals surface area contributed by atoms with E-state index in [1.807, 2.05) is 6.07 Å². The van der Waals surface area contributed by atoms with Gasteiger partial charge in [-0.05, 0) is 59.2 Å². The predicted molar refractivity (Wildman–Crippen MR) is 103 cm³/mol. The topological polar surface area (TPSA) is 36.9 Å². The van der Waals surface area contributed by atoms with E-state index in [-0.39, 0.29) is 5.92 Å². The van der Waals surface area contributed by atoms with Crippen LogP contribution in [-0.4, -0.2) is 28.4 Å². The minimum Gasteiger partial charge on any atom is -0.493 e. The van der Waals surface area contributed by atoms with Crippen LogP contribution in [0.3, 0.4) is 0 Å². The first-order valence-electron chi connectivity index (χ1n) is 9.00. The summed E-state index contributed by atoms with van der Waals surface area (Å²) < 4.78 is 22.0. The lowest BCUT2D eigenvalue weighted by Crippen LogP contribution is -2.27. The van der Waals surface area contributed by atoms with Gasteiger partial charge in [0.05, 0.1) is 28.4 Å². The molecule has 0 saturated heterocycles. The summed E-state index contributed by atoms with van der Waals surface area (Å²) in [5, 5.41) is 0. The number of rotatable bonds is 5. The third-order valence-electron chi connectivity index (χ3n) is 5.71. The van der Waals surface area contributed by atoms with Crippen LogP contribution in [0.2, 0.25) is 0 Å². The minimum absolute atomic E-state index is 0.272. The van der Waals surface area contributed by atoms with E-state index in [9.17, 15) is 0 Å². The van der Waals surface area contributed by atoms with E-state index in [1.54, 1.807) is 28.4 Å². The fourth-order valence-electron chi connectivity index (χ4n) is 4.08. The molecule has 0 N–H and O–H groups in total. The average molecular weight is 356 g/mol. The molecule has 140 valence electrons. The second-order valence-electron chi connectivity index (χ2n) is 7.04. The second kappa shape index (κ2) is 7.48. The summed E-state index contributed by atoms with van der Waals surface area (Å²) in [6.07, 6.45) is 1.04. The van der Waals surface area contributed by atoms with Crippen molar-refractivity contribution in [3.63, 3.8) is 0 Å². The van der Waals surface area contributed by atoms with E-state index < -0.39 is 0 Å². The second-order valence-corrected chi connectivity index (χ2v) is 7.04. The smallest absolute Gasteiger partial charge is 0.161 e. The first kappa shape index (κ1) is 18.4. The van der Waals surface area contributed by atoms with Crippen molar-refractivity contribution in [3.05, 3.63) is 47.0 Å². The lowest BCUT2D eigenvalue weighted by Gasteiger charge is -2.37. The minimum atomic E-state index is 0.272. The molecule has 0 radical (unpaired) electrons. The first-order chi connectivity index (χ1) is 12.5. The van der Waals surface area contributed by atoms with Gasteiger partial charge in [0.15, 0.2) is 23.0 Å². The Balaban J connectivity index is 2.15. The normalized spacial score (nSPS) is 21.7. The van der Waals surface area contributed by atoms with Crippen molar-refractivity contribution in [2.75, 3.05) is 28.4 Å². The van der Waals surface area contributed by atoms with E-state index in [0.717, 1.165) is 29.4 Å². The lowest BCUT2D eigenvalue weighted by molar-refractivity contribution is 0.316. The molecule has 2 aromatic carbocycles. The molecule has 1 aliphatic carbocycles. The quantitative estimate of drug-likeness (QED) is 0.779. The van der Waals surface area contributed by atoms with Gasteiger partial charge >= 0.3 is 0 Å². The summed E-state index contributed by atoms with van der Waals surface area (Å²) in [5.74, 6) is 4.42. The van der Waals surface area contributed by atoms with Crippen molar-refractivity contribution in [1.29, 1.82) is 0 Å². The maximum absolute atomic E-state index is 5.56. The Morgan fingerprint density at radius 1 is 0.731 bits per heavy atom. The Morgan fingerprint density at radius 3 is 1.92 bits per heavy atom. The van der Waals surface area contributed by atoms with Crippen molar-refractivity contribution in [1.82, 2.24) is 0 Å². The maximum Gasteiger partial charge on any atom is 0.161 e. The van der Waals surface area contributed by atoms with Crippen molar-refractivity contribution in [2.24, 2.45) is 11.8 Å². The zero-order chi connectivity index (χ0) is 18.8. The molecule has 0 saturated carbocycles. The van der Waals surface area contributed by atoms with Gasteiger partial charge in [0.1, 0.15) is 0 Å². The first-order valence-corrected chi connectivity index (χ1v) is 9.00. The highest BCUT2D eigenvalue weighted by Crippen LogP contribution is 2.47. The molecular weight excluding hydrogens is 328 g/mol. The van der Waals surface area contributed by atoms with E-state index in [1.165, 1.54) is 16.7 Å². The van der Waals surface area contributed by atoms with E-state index >= 15 is 0 Å². The van der Waals surface area contributed by atoms with Gasteiger partial charge < -0.3 is 18.9 Å². The Labute approximate surface area is 156 Å². The van der Waals surface area contributed by atoms with Gasteiger partial charge in [-0.1, -0.05) is 19.9 Å². The van der Waals surface area contributed by atoms with Crippen LogP contribution < -0.4 is 18.9 Å². The monoisotopic (exact) mass is 356 g/mol. The van der Waals surface area contributed by atoms with Crippen LogP contribution in [0.4, 0.5) is 0 Å². The summed E-state index contributed by atoms with van der Waals surface area (Å²) in [7, 11) is 6.71. The molecular formula is C22H28O4. The van der Waals surface area contributed by atoms with Gasteiger partial charge in [0, 0.05) is 5.92 Å². The van der Waals surface area contributed by atoms with Gasteiger partial charge in [0.2, 0.25) is 0 Å². The molecule has 4 heteroatoms. The molecule has 0 heterocycles. The summed E-state index contributed by atoms with van der Waals surface area (Å²) >= 11 is 0. The molecule has 0 fully saturated rings. The standard InChI is InChI=1S/C22H28O4/c1-13-9-16-11-20(25-5)21(26-6)12-17(16)22(14(13)2)15-7-8-18(23-3)19(10-15)24-4/h7-8,10-14,22H,9H2,1-6H3/t13-,14+,22-/m1/s1. The fraction of sp³-hybridized carbons (Fsp3) is 0.455. The number of hydrogen-bond acceptors (Lipinski definition) is 4. The number of hydrogen-bond donors (Lipinski definition) is 0. The van der Waals surface area contributed by atoms with Crippen LogP contribution in [0.1, 0.15) is 36.5 Å². The molecule has 26 heavy (non-hydrogen) atoms. The lowest BCUT2D eigenvalue weighted by atomic mass is 9.68. The van der Waals surface area contributed by atoms with Crippen LogP contribution in [0, 0.1) is 11.8 Å². The summed E-state index contributed by atoms with van der Waals surface area (Å²) in [6.45, 7) is 4.64. The molecule has 0 unspecified atom stereocenters. The van der Waals surface area contributed by atoms with Crippen LogP contribution in [-0.2, 0) is 6.42 Å². The van der Waals surface area contributed by atoms with Crippen molar-refractivity contribution in [3.8, 4) is 23.0 Å². The average Bonchev–Trinajstić information content (AvgIpc) is 2.67. The molecule has 1 aliphatic rings. The van der Waals surface area contributed by atoms with Crippen LogP contribution in [0.15, 0.2) is 30.3 Å². The molecule has 0 aromatic heterocycles. The molecule has 0 spiro atoms. The largest absolute Gasteiger partial charge is 0.493 e. The van der Waals surface area contributed by atoms with Crippen LogP contribution in [0.5, 0.6) is 23.0 Å². The number of methoxy groups -OCH3 is 4. The highest BCUT2D eigenvalue weighted by molar-refractivity contribution is 5.54. The van der Waals surface area contributed by atoms with Gasteiger partial charge in [-0.15, -0.1) is 0 Å². The van der Waals surface area contributed by atoms with Gasteiger partial charge in [0.25, 0.3) is 0 Å². The SMILES string of the molecule is COc1ccc([C@@H]2c3cc(OC)c(OC)cc3C[C@@H](C)[C@@H]2C)cc1OC. The van der Waals surface area contributed by atoms with Gasteiger partial charge in [-0.2, -0.15) is 0 Å². The molecule has 0 aliphatic heterocycles. The highest BCUT2D eigenvalue weighted by atomic mass is 16.5. The van der Waals surface area contributed by atoms with E-state index in [2.05, 4.69) is 38.1 Å². The molecule has 4 nitrogen and oxygen atoms in total. The fourth-order valence-corrected chi connectivity index (χ4v) is 4.08. The van der Waals surface area contributed by atoms with E-state index in [0.29, 0.717) is 11.8 Å². The number of fused-ring (bicyclic) bond motifs is 1. The number of ether oxygens (including phenoxy) is 4. The Kier molecular flexibility index (Phi) is 5.30. The summed E-state index contributed by atoms with van der Waals surface area (Å²) in [6, 6.07) is 10.5. The summed E-state index contributed by atoms with van der Waals surface area (Å²) in [4.78, 5) is 0. The molecule has 3 rings (SSSR count). The maximum atomic E-state index is 5.56. The van der Waals surface area contributed by atoms with Gasteiger partial charge in [-0.25, -0.2) is 0 Å². The van der Waals surface area contributed by atoms with Crippen molar-refractivity contribution in [2.45, 2.75) is 26.2 Å². The van der Waals surface area contributed by atoms with Crippen molar-refractivity contribution >= 4 is 0 Å². The number of benzene rings is 2. The van der Waals surface area contributed by atoms with E-state index in [4.69, 9.17) is 18.9 Å². The molecule has 0 amide bonds.